The molecule has 1 unspecified atom stereocenters. The van der Waals surface area contributed by atoms with E-state index in [4.69, 9.17) is 10.2 Å². The van der Waals surface area contributed by atoms with E-state index in [-0.39, 0.29) is 37.4 Å². The SMILES string of the molecule is C=CCCCCCCCCC(=O)OS(=O)(=O)C(CC(=O)O)C(=O)O.[H-].[Na+]. The van der Waals surface area contributed by atoms with Crippen LogP contribution in [0.25, 0.3) is 0 Å². The van der Waals surface area contributed by atoms with Crippen LogP contribution in [0.2, 0.25) is 0 Å². The van der Waals surface area contributed by atoms with Crippen molar-refractivity contribution in [3.63, 3.8) is 0 Å². The molecule has 0 saturated carbocycles. The van der Waals surface area contributed by atoms with Crippen molar-refractivity contribution in [2.45, 2.75) is 63.0 Å². The third-order valence-corrected chi connectivity index (χ3v) is 4.72. The molecule has 25 heavy (non-hydrogen) atoms. The Kier molecular flexibility index (Phi) is 15.0. The van der Waals surface area contributed by atoms with Crippen molar-refractivity contribution in [3.05, 3.63) is 12.7 Å². The summed E-state index contributed by atoms with van der Waals surface area (Å²) in [6, 6.07) is 0. The van der Waals surface area contributed by atoms with E-state index in [0.29, 0.717) is 6.42 Å². The number of carboxylic acid groups (broad SMARTS) is 2. The molecule has 0 aliphatic carbocycles. The Morgan fingerprint density at radius 2 is 1.56 bits per heavy atom. The van der Waals surface area contributed by atoms with Gasteiger partial charge in [-0.05, 0) is 19.3 Å². The Balaban J connectivity index is -0.00000264. The average Bonchev–Trinajstić information content (AvgIpc) is 2.46. The van der Waals surface area contributed by atoms with Gasteiger partial charge in [0.15, 0.2) is 0 Å². The Morgan fingerprint density at radius 3 is 2.04 bits per heavy atom. The van der Waals surface area contributed by atoms with Crippen LogP contribution < -0.4 is 29.6 Å². The summed E-state index contributed by atoms with van der Waals surface area (Å²) in [5.74, 6) is -4.55. The minimum absolute atomic E-state index is 0. The molecule has 0 rings (SSSR count). The molecule has 0 spiro atoms. The van der Waals surface area contributed by atoms with Crippen LogP contribution in [0.1, 0.15) is 59.2 Å². The first kappa shape index (κ1) is 26.3. The predicted octanol–water partition coefficient (Wildman–Crippen LogP) is -0.789. The standard InChI is InChI=1S/C15H24O8S.Na.H/c1-2-3-4-5-6-7-8-9-10-14(18)23-24(21,22)12(15(19)20)11-13(16)17;;/h2,12H,1,3-11H2,(H,16,17)(H,19,20);;/q;+1;-1. The smallest absolute Gasteiger partial charge is 1.00 e. The molecule has 1 atom stereocenters. The number of hydrogen-bond acceptors (Lipinski definition) is 6. The maximum Gasteiger partial charge on any atom is 1.00 e. The van der Waals surface area contributed by atoms with Gasteiger partial charge in [0.25, 0.3) is 0 Å². The molecule has 0 aliphatic heterocycles. The average molecular weight is 388 g/mol. The summed E-state index contributed by atoms with van der Waals surface area (Å²) in [4.78, 5) is 32.8. The Bertz CT molecular complexity index is 550. The Morgan fingerprint density at radius 1 is 1.04 bits per heavy atom. The molecule has 8 nitrogen and oxygen atoms in total. The molecule has 0 fully saturated rings. The Hall–Kier alpha value is -0.900. The van der Waals surface area contributed by atoms with Crippen LogP contribution >= 0.6 is 0 Å². The zero-order valence-corrected chi connectivity index (χ0v) is 17.3. The van der Waals surface area contributed by atoms with Crippen LogP contribution in [0.5, 0.6) is 0 Å². The van der Waals surface area contributed by atoms with E-state index in [1.165, 1.54) is 0 Å². The summed E-state index contributed by atoms with van der Waals surface area (Å²) >= 11 is 0. The van der Waals surface area contributed by atoms with Gasteiger partial charge in [0.05, 0.1) is 6.42 Å². The van der Waals surface area contributed by atoms with Crippen LogP contribution in [0, 0.1) is 0 Å². The first-order valence-corrected chi connectivity index (χ1v) is 9.19. The molecule has 140 valence electrons. The van der Waals surface area contributed by atoms with E-state index in [1.807, 2.05) is 6.08 Å². The van der Waals surface area contributed by atoms with E-state index in [9.17, 15) is 22.8 Å². The summed E-state index contributed by atoms with van der Waals surface area (Å²) in [6.07, 6.45) is 6.64. The van der Waals surface area contributed by atoms with Crippen molar-refractivity contribution in [1.29, 1.82) is 0 Å². The van der Waals surface area contributed by atoms with Gasteiger partial charge < -0.3 is 15.8 Å². The van der Waals surface area contributed by atoms with Gasteiger partial charge in [0.2, 0.25) is 5.25 Å². The molecular weight excluding hydrogens is 363 g/mol. The van der Waals surface area contributed by atoms with Crippen LogP contribution in [-0.2, 0) is 28.7 Å². The minimum Gasteiger partial charge on any atom is -1.00 e. The topological polar surface area (TPSA) is 135 Å². The number of hydrogen-bond donors (Lipinski definition) is 2. The van der Waals surface area contributed by atoms with Gasteiger partial charge in [0, 0.05) is 6.42 Å². The molecule has 0 heterocycles. The van der Waals surface area contributed by atoms with E-state index in [2.05, 4.69) is 10.8 Å². The number of rotatable bonds is 14. The molecule has 0 amide bonds. The monoisotopic (exact) mass is 388 g/mol. The van der Waals surface area contributed by atoms with Crippen molar-refractivity contribution >= 4 is 28.0 Å². The molecule has 2 N–H and O–H groups in total. The molecule has 0 radical (unpaired) electrons. The molecule has 0 aromatic rings. The molecule has 0 saturated heterocycles. The van der Waals surface area contributed by atoms with Crippen molar-refractivity contribution in [2.24, 2.45) is 0 Å². The normalized spacial score (nSPS) is 11.8. The van der Waals surface area contributed by atoms with Gasteiger partial charge in [-0.15, -0.1) is 6.58 Å². The van der Waals surface area contributed by atoms with Crippen LogP contribution in [0.3, 0.4) is 0 Å². The van der Waals surface area contributed by atoms with Crippen LogP contribution in [0.15, 0.2) is 12.7 Å². The van der Waals surface area contributed by atoms with E-state index in [0.717, 1.165) is 38.5 Å². The largest absolute Gasteiger partial charge is 1.00 e. The van der Waals surface area contributed by atoms with Crippen molar-refractivity contribution in [1.82, 2.24) is 0 Å². The van der Waals surface area contributed by atoms with Gasteiger partial charge in [0.1, 0.15) is 0 Å². The Labute approximate surface area is 171 Å². The van der Waals surface area contributed by atoms with E-state index in [1.54, 1.807) is 0 Å². The molecule has 0 aromatic carbocycles. The zero-order chi connectivity index (χ0) is 18.6. The number of carbonyl (C=O) groups excluding carboxylic acids is 1. The zero-order valence-electron chi connectivity index (χ0n) is 15.5. The molecule has 10 heteroatoms. The molecular formula is C15H25NaO8S. The second-order valence-corrected chi connectivity index (χ2v) is 7.04. The van der Waals surface area contributed by atoms with Gasteiger partial charge in [-0.3, -0.25) is 14.4 Å². The van der Waals surface area contributed by atoms with Gasteiger partial charge >= 0.3 is 57.6 Å². The molecule has 0 aromatic heterocycles. The van der Waals surface area contributed by atoms with Crippen molar-refractivity contribution in [3.8, 4) is 0 Å². The third kappa shape index (κ3) is 13.0. The van der Waals surface area contributed by atoms with E-state index < -0.39 is 39.7 Å². The second-order valence-electron chi connectivity index (χ2n) is 5.32. The third-order valence-electron chi connectivity index (χ3n) is 3.23. The van der Waals surface area contributed by atoms with Gasteiger partial charge in [-0.2, -0.15) is 8.42 Å². The quantitative estimate of drug-likeness (QED) is 0.171. The van der Waals surface area contributed by atoms with Crippen LogP contribution in [-0.4, -0.2) is 41.8 Å². The van der Waals surface area contributed by atoms with E-state index >= 15 is 0 Å². The fourth-order valence-electron chi connectivity index (χ4n) is 1.97. The van der Waals surface area contributed by atoms with Crippen molar-refractivity contribution in [2.75, 3.05) is 0 Å². The first-order chi connectivity index (χ1) is 11.2. The number of carbonyl (C=O) groups is 3. The van der Waals surface area contributed by atoms with Crippen molar-refractivity contribution < 1.29 is 68.2 Å². The molecule has 0 bridgehead atoms. The predicted molar refractivity (Wildman–Crippen MR) is 86.9 cm³/mol. The summed E-state index contributed by atoms with van der Waals surface area (Å²) in [6.45, 7) is 3.63. The fourth-order valence-corrected chi connectivity index (χ4v) is 3.02. The summed E-state index contributed by atoms with van der Waals surface area (Å²) < 4.78 is 27.5. The summed E-state index contributed by atoms with van der Waals surface area (Å²) in [5, 5.41) is 15.0. The number of aliphatic carboxylic acids is 2. The molecule has 0 aliphatic rings. The fraction of sp³-hybridized carbons (Fsp3) is 0.667. The maximum atomic E-state index is 11.7. The maximum absolute atomic E-state index is 11.7. The summed E-state index contributed by atoms with van der Waals surface area (Å²) in [7, 11) is -4.81. The van der Waals surface area contributed by atoms with Gasteiger partial charge in [-0.1, -0.05) is 31.8 Å². The van der Waals surface area contributed by atoms with Crippen LogP contribution in [0.4, 0.5) is 0 Å². The first-order valence-electron chi connectivity index (χ1n) is 7.72. The second kappa shape index (κ2) is 14.3. The number of carboxylic acids is 2. The number of unbranched alkanes of at least 4 members (excludes halogenated alkanes) is 6. The number of allylic oxidation sites excluding steroid dienone is 1. The summed E-state index contributed by atoms with van der Waals surface area (Å²) in [5.41, 5.74) is 0. The van der Waals surface area contributed by atoms with Gasteiger partial charge in [-0.25, -0.2) is 0 Å². The minimum atomic E-state index is -4.81.